The summed E-state index contributed by atoms with van der Waals surface area (Å²) in [4.78, 5) is 5.14. The average Bonchev–Trinajstić information content (AvgIpc) is 3.92. The molecule has 222 valence electrons. The van der Waals surface area contributed by atoms with Crippen LogP contribution in [0.2, 0.25) is 0 Å². The third-order valence-electron chi connectivity index (χ3n) is 10.5. The molecular formula is C43H25N5. The van der Waals surface area contributed by atoms with Crippen LogP contribution in [0.1, 0.15) is 0 Å². The van der Waals surface area contributed by atoms with Gasteiger partial charge < -0.3 is 9.13 Å². The molecule has 0 aliphatic rings. The molecule has 0 radical (unpaired) electrons. The number of nitrogens with zero attached hydrogens (tertiary/aromatic N) is 5. The maximum atomic E-state index is 5.14. The van der Waals surface area contributed by atoms with Crippen molar-refractivity contribution in [3.8, 4) is 11.4 Å². The van der Waals surface area contributed by atoms with E-state index in [0.29, 0.717) is 0 Å². The second kappa shape index (κ2) is 8.60. The number of hydrogen-bond donors (Lipinski definition) is 0. The van der Waals surface area contributed by atoms with Gasteiger partial charge in [0, 0.05) is 43.7 Å². The summed E-state index contributed by atoms with van der Waals surface area (Å²) in [5.74, 6) is 0.951. The van der Waals surface area contributed by atoms with Gasteiger partial charge in [-0.15, -0.1) is 0 Å². The number of rotatable bonds is 2. The van der Waals surface area contributed by atoms with Gasteiger partial charge in [0.25, 0.3) is 0 Å². The van der Waals surface area contributed by atoms with Gasteiger partial charge >= 0.3 is 0 Å². The molecular weight excluding hydrogens is 587 g/mol. The summed E-state index contributed by atoms with van der Waals surface area (Å²) in [6, 6.07) is 55.1. The first-order valence-corrected chi connectivity index (χ1v) is 16.4. The third kappa shape index (κ3) is 2.91. The molecule has 0 aliphatic carbocycles. The molecule has 0 saturated heterocycles. The Labute approximate surface area is 273 Å². The lowest BCUT2D eigenvalue weighted by atomic mass is 10.1. The number of aromatic nitrogens is 5. The quantitative estimate of drug-likeness (QED) is 0.191. The zero-order chi connectivity index (χ0) is 31.1. The van der Waals surface area contributed by atoms with E-state index in [9.17, 15) is 0 Å². The van der Waals surface area contributed by atoms with E-state index in [2.05, 4.69) is 170 Å². The molecule has 12 rings (SSSR count). The monoisotopic (exact) mass is 611 g/mol. The number of benzene rings is 7. The summed E-state index contributed by atoms with van der Waals surface area (Å²) < 4.78 is 9.53. The van der Waals surface area contributed by atoms with Crippen molar-refractivity contribution in [2.45, 2.75) is 0 Å². The number of imidazole rings is 2. The largest absolute Gasteiger partial charge is 0.309 e. The highest BCUT2D eigenvalue weighted by Gasteiger charge is 2.23. The maximum absolute atomic E-state index is 5.14. The Morgan fingerprint density at radius 3 is 1.52 bits per heavy atom. The first-order chi connectivity index (χ1) is 23.8. The van der Waals surface area contributed by atoms with Crippen LogP contribution in [0.5, 0.6) is 0 Å². The Balaban J connectivity index is 1.20. The van der Waals surface area contributed by atoms with Crippen LogP contribution >= 0.6 is 0 Å². The lowest BCUT2D eigenvalue weighted by molar-refractivity contribution is 1.17. The van der Waals surface area contributed by atoms with Crippen molar-refractivity contribution < 1.29 is 0 Å². The molecule has 0 atom stereocenters. The Hall–Kier alpha value is -6.59. The van der Waals surface area contributed by atoms with Gasteiger partial charge in [-0.05, 0) is 66.7 Å². The molecule has 0 bridgehead atoms. The van der Waals surface area contributed by atoms with E-state index in [1.165, 1.54) is 65.4 Å². The fraction of sp³-hybridized carbons (Fsp3) is 0. The summed E-state index contributed by atoms with van der Waals surface area (Å²) in [6.45, 7) is 0. The molecule has 0 fully saturated rings. The molecule has 5 aromatic heterocycles. The zero-order valence-corrected chi connectivity index (χ0v) is 25.7. The summed E-state index contributed by atoms with van der Waals surface area (Å²) >= 11 is 0. The van der Waals surface area contributed by atoms with E-state index in [-0.39, 0.29) is 0 Å². The maximum Gasteiger partial charge on any atom is 0.220 e. The molecule has 5 heterocycles. The van der Waals surface area contributed by atoms with Gasteiger partial charge in [-0.2, -0.15) is 0 Å². The Morgan fingerprint density at radius 1 is 0.333 bits per heavy atom. The molecule has 7 aromatic carbocycles. The van der Waals surface area contributed by atoms with Crippen molar-refractivity contribution >= 4 is 87.7 Å². The first kappa shape index (κ1) is 24.6. The Kier molecular flexibility index (Phi) is 4.41. The van der Waals surface area contributed by atoms with Crippen molar-refractivity contribution in [2.75, 3.05) is 0 Å². The minimum atomic E-state index is 0.951. The van der Waals surface area contributed by atoms with E-state index in [1.54, 1.807) is 0 Å². The standard InChI is InChI=1S/C43H25N5/c1-6-16-35-28(11-1)29-12-2-7-17-36(29)45(35)26-21-22-39-32(23-26)30-13-3-8-18-37(30)46(39)27-24-33-31-14-4-9-19-38(31)48-42(33)41(25-27)47-40-20-10-5-15-34(40)44-43(47)48/h1-25H. The molecule has 5 heteroatoms. The van der Waals surface area contributed by atoms with Crippen molar-refractivity contribution in [3.05, 3.63) is 152 Å². The lowest BCUT2D eigenvalue weighted by Gasteiger charge is -2.11. The minimum absolute atomic E-state index is 0.951. The second-order valence-electron chi connectivity index (χ2n) is 12.9. The molecule has 5 nitrogen and oxygen atoms in total. The molecule has 0 amide bonds. The zero-order valence-electron chi connectivity index (χ0n) is 25.7. The molecule has 0 N–H and O–H groups in total. The van der Waals surface area contributed by atoms with Crippen molar-refractivity contribution in [3.63, 3.8) is 0 Å². The van der Waals surface area contributed by atoms with Gasteiger partial charge in [-0.3, -0.25) is 8.80 Å². The molecule has 12 aromatic rings. The number of fused-ring (bicyclic) bond motifs is 14. The van der Waals surface area contributed by atoms with Crippen molar-refractivity contribution in [2.24, 2.45) is 0 Å². The molecule has 0 saturated carbocycles. The fourth-order valence-corrected chi connectivity index (χ4v) is 8.55. The highest BCUT2D eigenvalue weighted by atomic mass is 15.2. The summed E-state index contributed by atoms with van der Waals surface area (Å²) in [5.41, 5.74) is 12.8. The fourth-order valence-electron chi connectivity index (χ4n) is 8.55. The van der Waals surface area contributed by atoms with Gasteiger partial charge in [0.15, 0.2) is 0 Å². The summed E-state index contributed by atoms with van der Waals surface area (Å²) in [6.07, 6.45) is 0. The molecule has 0 unspecified atom stereocenters. The van der Waals surface area contributed by atoms with Gasteiger partial charge in [0.1, 0.15) is 0 Å². The van der Waals surface area contributed by atoms with E-state index in [0.717, 1.165) is 33.7 Å². The Morgan fingerprint density at radius 2 is 0.833 bits per heavy atom. The molecule has 0 spiro atoms. The van der Waals surface area contributed by atoms with Gasteiger partial charge in [-0.1, -0.05) is 84.9 Å². The number of hydrogen-bond acceptors (Lipinski definition) is 1. The molecule has 48 heavy (non-hydrogen) atoms. The van der Waals surface area contributed by atoms with Crippen molar-refractivity contribution in [1.82, 2.24) is 22.9 Å². The third-order valence-corrected chi connectivity index (χ3v) is 10.5. The van der Waals surface area contributed by atoms with E-state index in [4.69, 9.17) is 4.98 Å². The van der Waals surface area contributed by atoms with Gasteiger partial charge in [0.05, 0.1) is 49.7 Å². The van der Waals surface area contributed by atoms with Crippen LogP contribution in [0.3, 0.4) is 0 Å². The van der Waals surface area contributed by atoms with Crippen LogP contribution in [0.25, 0.3) is 99.1 Å². The predicted molar refractivity (Wildman–Crippen MR) is 199 cm³/mol. The van der Waals surface area contributed by atoms with Gasteiger partial charge in [0.2, 0.25) is 5.78 Å². The highest BCUT2D eigenvalue weighted by Crippen LogP contribution is 2.41. The SMILES string of the molecule is c1ccc2c(c1)nc1n2c2cc(-n3c4ccccc4c4cc(-n5c6ccccc6c6ccccc65)ccc43)cc3c4ccccc4n1c32. The first-order valence-electron chi connectivity index (χ1n) is 16.4. The van der Waals surface area contributed by atoms with Crippen LogP contribution in [0.4, 0.5) is 0 Å². The van der Waals surface area contributed by atoms with Crippen LogP contribution in [0.15, 0.2) is 152 Å². The highest BCUT2D eigenvalue weighted by molar-refractivity contribution is 6.18. The lowest BCUT2D eigenvalue weighted by Crippen LogP contribution is -1.96. The van der Waals surface area contributed by atoms with Crippen LogP contribution in [-0.4, -0.2) is 22.9 Å². The summed E-state index contributed by atoms with van der Waals surface area (Å²) in [7, 11) is 0. The normalized spacial score (nSPS) is 12.6. The van der Waals surface area contributed by atoms with Crippen LogP contribution in [-0.2, 0) is 0 Å². The van der Waals surface area contributed by atoms with Crippen LogP contribution < -0.4 is 0 Å². The van der Waals surface area contributed by atoms with Gasteiger partial charge in [-0.25, -0.2) is 4.98 Å². The second-order valence-corrected chi connectivity index (χ2v) is 12.9. The minimum Gasteiger partial charge on any atom is -0.309 e. The van der Waals surface area contributed by atoms with Crippen LogP contribution in [0, 0.1) is 0 Å². The van der Waals surface area contributed by atoms with E-state index < -0.39 is 0 Å². The van der Waals surface area contributed by atoms with E-state index in [1.807, 2.05) is 0 Å². The average molecular weight is 612 g/mol. The number of para-hydroxylation sites is 6. The van der Waals surface area contributed by atoms with Crippen molar-refractivity contribution in [1.29, 1.82) is 0 Å². The predicted octanol–water partition coefficient (Wildman–Crippen LogP) is 10.7. The smallest absolute Gasteiger partial charge is 0.220 e. The Bertz CT molecular complexity index is 3230. The topological polar surface area (TPSA) is 31.6 Å². The molecule has 0 aliphatic heterocycles. The summed E-state index contributed by atoms with van der Waals surface area (Å²) in [5, 5.41) is 7.49. The van der Waals surface area contributed by atoms with E-state index >= 15 is 0 Å².